The Labute approximate surface area is 111 Å². The van der Waals surface area contributed by atoms with Gasteiger partial charge in [0.2, 0.25) is 0 Å². The van der Waals surface area contributed by atoms with Crippen molar-refractivity contribution >= 4 is 11.6 Å². The molecule has 1 saturated heterocycles. The van der Waals surface area contributed by atoms with Gasteiger partial charge in [0.25, 0.3) is 0 Å². The first-order chi connectivity index (χ1) is 8.83. The number of benzene rings is 1. The van der Waals surface area contributed by atoms with Crippen molar-refractivity contribution in [2.45, 2.75) is 18.9 Å². The van der Waals surface area contributed by atoms with E-state index in [-0.39, 0.29) is 0 Å². The van der Waals surface area contributed by atoms with Crippen molar-refractivity contribution < 1.29 is 0 Å². The fourth-order valence-electron chi connectivity index (χ4n) is 2.23. The van der Waals surface area contributed by atoms with Crippen LogP contribution in [-0.4, -0.2) is 16.5 Å². The molecule has 1 aliphatic rings. The van der Waals surface area contributed by atoms with Crippen LogP contribution >= 0.6 is 11.6 Å². The van der Waals surface area contributed by atoms with Crippen LogP contribution in [0.1, 0.15) is 24.7 Å². The maximum Gasteiger partial charge on any atom is 0.145 e. The Hall–Kier alpha value is -1.45. The van der Waals surface area contributed by atoms with Gasteiger partial charge in [0.1, 0.15) is 5.82 Å². The SMILES string of the molecule is Clc1ccc(-c2ccnc(C3CCCN3)n2)cc1. The first-order valence-corrected chi connectivity index (χ1v) is 6.53. The van der Waals surface area contributed by atoms with E-state index in [1.165, 1.54) is 6.42 Å². The van der Waals surface area contributed by atoms with Gasteiger partial charge in [0, 0.05) is 16.8 Å². The summed E-state index contributed by atoms with van der Waals surface area (Å²) in [5.41, 5.74) is 2.02. The number of hydrogen-bond acceptors (Lipinski definition) is 3. The van der Waals surface area contributed by atoms with Crippen molar-refractivity contribution in [1.29, 1.82) is 0 Å². The van der Waals surface area contributed by atoms with Gasteiger partial charge in [-0.05, 0) is 37.6 Å². The Morgan fingerprint density at radius 2 is 2.00 bits per heavy atom. The largest absolute Gasteiger partial charge is 0.307 e. The van der Waals surface area contributed by atoms with E-state index in [0.29, 0.717) is 6.04 Å². The molecule has 0 spiro atoms. The van der Waals surface area contributed by atoms with Gasteiger partial charge in [-0.1, -0.05) is 23.7 Å². The van der Waals surface area contributed by atoms with E-state index in [1.807, 2.05) is 36.5 Å². The summed E-state index contributed by atoms with van der Waals surface area (Å²) in [5.74, 6) is 0.889. The maximum absolute atomic E-state index is 5.89. The molecule has 18 heavy (non-hydrogen) atoms. The normalized spacial score (nSPS) is 19.1. The minimum absolute atomic E-state index is 0.303. The van der Waals surface area contributed by atoms with E-state index in [0.717, 1.165) is 35.1 Å². The fraction of sp³-hybridized carbons (Fsp3) is 0.286. The second kappa shape index (κ2) is 5.04. The molecule has 2 aromatic rings. The summed E-state index contributed by atoms with van der Waals surface area (Å²) in [6, 6.07) is 9.96. The van der Waals surface area contributed by atoms with Gasteiger partial charge in [-0.2, -0.15) is 0 Å². The number of nitrogens with zero attached hydrogens (tertiary/aromatic N) is 2. The van der Waals surface area contributed by atoms with Crippen molar-refractivity contribution in [2.24, 2.45) is 0 Å². The van der Waals surface area contributed by atoms with Crippen LogP contribution in [0.3, 0.4) is 0 Å². The number of nitrogens with one attached hydrogen (secondary N) is 1. The van der Waals surface area contributed by atoms with Crippen molar-refractivity contribution in [2.75, 3.05) is 6.54 Å². The van der Waals surface area contributed by atoms with Gasteiger partial charge in [-0.3, -0.25) is 0 Å². The summed E-state index contributed by atoms with van der Waals surface area (Å²) in [4.78, 5) is 9.00. The molecule has 1 N–H and O–H groups in total. The van der Waals surface area contributed by atoms with Crippen molar-refractivity contribution in [1.82, 2.24) is 15.3 Å². The Morgan fingerprint density at radius 1 is 1.17 bits per heavy atom. The van der Waals surface area contributed by atoms with E-state index in [2.05, 4.69) is 15.3 Å². The zero-order valence-electron chi connectivity index (χ0n) is 9.94. The second-order valence-corrected chi connectivity index (χ2v) is 4.89. The molecule has 3 rings (SSSR count). The summed E-state index contributed by atoms with van der Waals surface area (Å²) < 4.78 is 0. The minimum Gasteiger partial charge on any atom is -0.307 e. The Bertz CT molecular complexity index is 533. The first kappa shape index (κ1) is 11.6. The van der Waals surface area contributed by atoms with E-state index in [1.54, 1.807) is 0 Å². The topological polar surface area (TPSA) is 37.8 Å². The molecule has 0 radical (unpaired) electrons. The molecule has 2 heterocycles. The third-order valence-electron chi connectivity index (χ3n) is 3.19. The predicted molar refractivity (Wildman–Crippen MR) is 72.5 cm³/mol. The van der Waals surface area contributed by atoms with Crippen molar-refractivity contribution in [3.8, 4) is 11.3 Å². The highest BCUT2D eigenvalue weighted by Crippen LogP contribution is 2.23. The van der Waals surface area contributed by atoms with Crippen LogP contribution in [-0.2, 0) is 0 Å². The lowest BCUT2D eigenvalue weighted by atomic mass is 10.1. The molecule has 1 fully saturated rings. The third kappa shape index (κ3) is 2.37. The Morgan fingerprint density at radius 3 is 2.72 bits per heavy atom. The highest BCUT2D eigenvalue weighted by Gasteiger charge is 2.18. The molecule has 1 atom stereocenters. The monoisotopic (exact) mass is 259 g/mol. The molecule has 92 valence electrons. The van der Waals surface area contributed by atoms with Crippen LogP contribution in [0, 0.1) is 0 Å². The smallest absolute Gasteiger partial charge is 0.145 e. The van der Waals surface area contributed by atoms with E-state index in [9.17, 15) is 0 Å². The van der Waals surface area contributed by atoms with Gasteiger partial charge in [-0.15, -0.1) is 0 Å². The van der Waals surface area contributed by atoms with E-state index >= 15 is 0 Å². The number of rotatable bonds is 2. The molecule has 0 aliphatic carbocycles. The average Bonchev–Trinajstić information content (AvgIpc) is 2.94. The molecule has 1 aromatic carbocycles. The first-order valence-electron chi connectivity index (χ1n) is 6.15. The Balaban J connectivity index is 1.92. The standard InChI is InChI=1S/C14H14ClN3/c15-11-5-3-10(4-6-11)12-7-9-17-14(18-12)13-2-1-8-16-13/h3-7,9,13,16H,1-2,8H2. The molecule has 0 saturated carbocycles. The van der Waals surface area contributed by atoms with Gasteiger partial charge in [-0.25, -0.2) is 9.97 Å². The Kier molecular flexibility index (Phi) is 3.26. The van der Waals surface area contributed by atoms with Crippen molar-refractivity contribution in [3.63, 3.8) is 0 Å². The molecular weight excluding hydrogens is 246 g/mol. The summed E-state index contributed by atoms with van der Waals surface area (Å²) in [5, 5.41) is 4.16. The van der Waals surface area contributed by atoms with Gasteiger partial charge < -0.3 is 5.32 Å². The highest BCUT2D eigenvalue weighted by atomic mass is 35.5. The van der Waals surface area contributed by atoms with Crippen LogP contribution in [0.4, 0.5) is 0 Å². The molecule has 4 heteroatoms. The second-order valence-electron chi connectivity index (χ2n) is 4.46. The molecule has 3 nitrogen and oxygen atoms in total. The molecule has 1 unspecified atom stereocenters. The van der Waals surface area contributed by atoms with Crippen molar-refractivity contribution in [3.05, 3.63) is 47.4 Å². The summed E-state index contributed by atoms with van der Waals surface area (Å²) in [6.07, 6.45) is 4.13. The maximum atomic E-state index is 5.89. The van der Waals surface area contributed by atoms with E-state index < -0.39 is 0 Å². The number of hydrogen-bond donors (Lipinski definition) is 1. The zero-order chi connectivity index (χ0) is 12.4. The lowest BCUT2D eigenvalue weighted by Gasteiger charge is -2.09. The van der Waals surface area contributed by atoms with Crippen LogP contribution in [0.5, 0.6) is 0 Å². The third-order valence-corrected chi connectivity index (χ3v) is 3.44. The summed E-state index contributed by atoms with van der Waals surface area (Å²) in [7, 11) is 0. The molecule has 1 aromatic heterocycles. The van der Waals surface area contributed by atoms with Crippen LogP contribution < -0.4 is 5.32 Å². The molecule has 1 aliphatic heterocycles. The van der Waals surface area contributed by atoms with Crippen LogP contribution in [0.2, 0.25) is 5.02 Å². The molecular formula is C14H14ClN3. The molecule has 0 bridgehead atoms. The van der Waals surface area contributed by atoms with Gasteiger partial charge in [0.05, 0.1) is 11.7 Å². The fourth-order valence-corrected chi connectivity index (χ4v) is 2.35. The van der Waals surface area contributed by atoms with E-state index in [4.69, 9.17) is 11.6 Å². The van der Waals surface area contributed by atoms with Crippen LogP contribution in [0.25, 0.3) is 11.3 Å². The lowest BCUT2D eigenvalue weighted by Crippen LogP contribution is -2.15. The zero-order valence-corrected chi connectivity index (χ0v) is 10.7. The van der Waals surface area contributed by atoms with Gasteiger partial charge in [0.15, 0.2) is 0 Å². The lowest BCUT2D eigenvalue weighted by molar-refractivity contribution is 0.605. The molecule has 0 amide bonds. The minimum atomic E-state index is 0.303. The summed E-state index contributed by atoms with van der Waals surface area (Å²) in [6.45, 7) is 1.05. The number of aromatic nitrogens is 2. The quantitative estimate of drug-likeness (QED) is 0.900. The number of halogens is 1. The highest BCUT2D eigenvalue weighted by molar-refractivity contribution is 6.30. The van der Waals surface area contributed by atoms with Crippen LogP contribution in [0.15, 0.2) is 36.5 Å². The summed E-state index contributed by atoms with van der Waals surface area (Å²) >= 11 is 5.89. The predicted octanol–water partition coefficient (Wildman–Crippen LogP) is 3.22. The average molecular weight is 260 g/mol. The van der Waals surface area contributed by atoms with Gasteiger partial charge >= 0.3 is 0 Å².